The maximum absolute atomic E-state index is 12.7. The first-order chi connectivity index (χ1) is 26.0. The van der Waals surface area contributed by atoms with E-state index in [2.05, 4.69) is 38.2 Å². The quantitative estimate of drug-likeness (QED) is 0.0198. The van der Waals surface area contributed by atoms with E-state index in [1.165, 1.54) is 103 Å². The highest BCUT2D eigenvalue weighted by atomic mass is 31.2. The summed E-state index contributed by atoms with van der Waals surface area (Å²) in [6.07, 6.45) is 39.1. The first-order valence-corrected chi connectivity index (χ1v) is 23.5. The van der Waals surface area contributed by atoms with Gasteiger partial charge >= 0.3 is 11.9 Å². The summed E-state index contributed by atoms with van der Waals surface area (Å²) < 4.78 is 33.9. The molecular weight excluding hydrogens is 701 g/mol. The minimum atomic E-state index is -4.62. The number of nitrogens with zero attached hydrogens (tertiary/aromatic N) is 1. The molecule has 0 N–H and O–H groups in total. The fourth-order valence-electron chi connectivity index (χ4n) is 5.94. The summed E-state index contributed by atoms with van der Waals surface area (Å²) in [5.41, 5.74) is 0. The fourth-order valence-corrected chi connectivity index (χ4v) is 6.67. The number of unbranched alkanes of at least 4 members (excludes halogenated alkanes) is 22. The third-order valence-electron chi connectivity index (χ3n) is 9.44. The Labute approximate surface area is 332 Å². The number of likely N-dealkylation sites (N-methyl/N-ethyl adjacent to an activating group) is 1. The molecule has 0 aromatic heterocycles. The number of ether oxygens (including phenoxy) is 2. The molecule has 54 heavy (non-hydrogen) atoms. The molecular formula is C44H84NO8P. The van der Waals surface area contributed by atoms with Crippen LogP contribution >= 0.6 is 7.82 Å². The number of quaternary nitrogens is 1. The van der Waals surface area contributed by atoms with Crippen molar-refractivity contribution in [3.05, 3.63) is 24.3 Å². The molecule has 0 spiro atoms. The fraction of sp³-hybridized carbons (Fsp3) is 0.864. The predicted octanol–water partition coefficient (Wildman–Crippen LogP) is 11.7. The van der Waals surface area contributed by atoms with E-state index in [9.17, 15) is 19.0 Å². The first kappa shape index (κ1) is 52.5. The number of carbonyl (C=O) groups excluding carboxylic acids is 2. The van der Waals surface area contributed by atoms with Gasteiger partial charge in [-0.15, -0.1) is 0 Å². The predicted molar refractivity (Wildman–Crippen MR) is 222 cm³/mol. The second kappa shape index (κ2) is 37.1. The van der Waals surface area contributed by atoms with E-state index in [1.807, 2.05) is 21.1 Å². The molecule has 0 saturated heterocycles. The van der Waals surface area contributed by atoms with Gasteiger partial charge in [-0.3, -0.25) is 14.2 Å². The van der Waals surface area contributed by atoms with E-state index >= 15 is 0 Å². The molecule has 10 heteroatoms. The highest BCUT2D eigenvalue weighted by Gasteiger charge is 2.21. The van der Waals surface area contributed by atoms with Gasteiger partial charge < -0.3 is 27.9 Å². The van der Waals surface area contributed by atoms with Crippen LogP contribution in [-0.2, 0) is 32.7 Å². The van der Waals surface area contributed by atoms with Crippen LogP contribution in [-0.4, -0.2) is 70.0 Å². The molecule has 0 aromatic rings. The Kier molecular flexibility index (Phi) is 36.1. The van der Waals surface area contributed by atoms with Gasteiger partial charge in [0.15, 0.2) is 6.10 Å². The number of phosphoric ester groups is 1. The van der Waals surface area contributed by atoms with Crippen molar-refractivity contribution in [2.45, 2.75) is 200 Å². The Morgan fingerprint density at radius 2 is 0.944 bits per heavy atom. The Morgan fingerprint density at radius 1 is 0.556 bits per heavy atom. The molecule has 9 nitrogen and oxygen atoms in total. The average Bonchev–Trinajstić information content (AvgIpc) is 3.12. The lowest BCUT2D eigenvalue weighted by atomic mass is 10.1. The molecule has 318 valence electrons. The summed E-state index contributed by atoms with van der Waals surface area (Å²) in [5.74, 6) is -0.841. The zero-order valence-electron chi connectivity index (χ0n) is 35.7. The second-order valence-electron chi connectivity index (χ2n) is 16.1. The number of allylic oxidation sites excluding steroid dienone is 4. The summed E-state index contributed by atoms with van der Waals surface area (Å²) in [6.45, 7) is 4.20. The van der Waals surface area contributed by atoms with Crippen molar-refractivity contribution in [2.24, 2.45) is 0 Å². The third-order valence-corrected chi connectivity index (χ3v) is 10.4. The SMILES string of the molecule is CCCCCC/C=C\CCCCCCCCCC(=O)OCC(COP(=O)([O-])OCC[N+](C)(C)C)OC(=O)CCCCCCCCC/C=C\CCCCCC. The molecule has 0 radical (unpaired) electrons. The van der Waals surface area contributed by atoms with Crippen LogP contribution in [0.5, 0.6) is 0 Å². The van der Waals surface area contributed by atoms with Crippen LogP contribution in [0.4, 0.5) is 0 Å². The molecule has 0 amide bonds. The van der Waals surface area contributed by atoms with E-state index in [4.69, 9.17) is 18.5 Å². The van der Waals surface area contributed by atoms with E-state index in [0.29, 0.717) is 17.4 Å². The van der Waals surface area contributed by atoms with Gasteiger partial charge in [0, 0.05) is 12.8 Å². The van der Waals surface area contributed by atoms with Crippen molar-refractivity contribution < 1.29 is 42.1 Å². The van der Waals surface area contributed by atoms with Gasteiger partial charge in [-0.2, -0.15) is 0 Å². The van der Waals surface area contributed by atoms with Crippen LogP contribution in [0.25, 0.3) is 0 Å². The molecule has 2 unspecified atom stereocenters. The second-order valence-corrected chi connectivity index (χ2v) is 17.5. The minimum absolute atomic E-state index is 0.0312. The highest BCUT2D eigenvalue weighted by molar-refractivity contribution is 7.45. The number of rotatable bonds is 40. The van der Waals surface area contributed by atoms with Gasteiger partial charge in [0.2, 0.25) is 0 Å². The molecule has 0 heterocycles. The lowest BCUT2D eigenvalue weighted by molar-refractivity contribution is -0.870. The molecule has 0 fully saturated rings. The van der Waals surface area contributed by atoms with Gasteiger partial charge in [-0.25, -0.2) is 0 Å². The average molecular weight is 786 g/mol. The van der Waals surface area contributed by atoms with Crippen LogP contribution in [0.15, 0.2) is 24.3 Å². The topological polar surface area (TPSA) is 111 Å². The minimum Gasteiger partial charge on any atom is -0.756 e. The van der Waals surface area contributed by atoms with Crippen molar-refractivity contribution in [1.82, 2.24) is 0 Å². The lowest BCUT2D eigenvalue weighted by Crippen LogP contribution is -2.37. The molecule has 0 aromatic carbocycles. The highest BCUT2D eigenvalue weighted by Crippen LogP contribution is 2.38. The molecule has 0 aliphatic rings. The van der Waals surface area contributed by atoms with Crippen LogP contribution in [0.2, 0.25) is 0 Å². The number of hydrogen-bond acceptors (Lipinski definition) is 8. The first-order valence-electron chi connectivity index (χ1n) is 22.0. The number of esters is 2. The largest absolute Gasteiger partial charge is 0.756 e. The van der Waals surface area contributed by atoms with E-state index < -0.39 is 26.5 Å². The smallest absolute Gasteiger partial charge is 0.306 e. The van der Waals surface area contributed by atoms with Crippen molar-refractivity contribution in [3.8, 4) is 0 Å². The Bertz CT molecular complexity index is 980. The zero-order valence-corrected chi connectivity index (χ0v) is 36.6. The van der Waals surface area contributed by atoms with Crippen LogP contribution in [0.3, 0.4) is 0 Å². The molecule has 0 rings (SSSR count). The molecule has 0 aliphatic heterocycles. The molecule has 2 atom stereocenters. The zero-order chi connectivity index (χ0) is 40.0. The van der Waals surface area contributed by atoms with Crippen LogP contribution in [0.1, 0.15) is 194 Å². The van der Waals surface area contributed by atoms with Crippen molar-refractivity contribution >= 4 is 19.8 Å². The normalized spacial score (nSPS) is 13.8. The van der Waals surface area contributed by atoms with Crippen molar-refractivity contribution in [2.75, 3.05) is 47.5 Å². The summed E-state index contributed by atoms with van der Waals surface area (Å²) in [6, 6.07) is 0. The van der Waals surface area contributed by atoms with E-state index in [1.54, 1.807) is 0 Å². The number of phosphoric acid groups is 1. The van der Waals surface area contributed by atoms with Crippen LogP contribution in [0, 0.1) is 0 Å². The van der Waals surface area contributed by atoms with Crippen LogP contribution < -0.4 is 4.89 Å². The molecule has 0 aliphatic carbocycles. The third kappa shape index (κ3) is 40.2. The van der Waals surface area contributed by atoms with Gasteiger partial charge in [0.1, 0.15) is 19.8 Å². The standard InChI is InChI=1S/C44H84NO8P/c1-6-8-10-12-14-16-18-20-22-24-26-28-30-32-34-36-43(46)50-40-42(41-52-54(48,49)51-39-38-45(3,4)5)53-44(47)37-35-33-31-29-27-25-23-21-19-17-15-13-11-9-7-2/h16-19,42H,6-15,20-41H2,1-5H3/b18-16-,19-17-. The van der Waals surface area contributed by atoms with Gasteiger partial charge in [0.05, 0.1) is 27.7 Å². The Morgan fingerprint density at radius 3 is 1.37 bits per heavy atom. The van der Waals surface area contributed by atoms with Gasteiger partial charge in [0.25, 0.3) is 7.82 Å². The van der Waals surface area contributed by atoms with Gasteiger partial charge in [-0.1, -0.05) is 141 Å². The van der Waals surface area contributed by atoms with Gasteiger partial charge in [-0.05, 0) is 64.2 Å². The number of hydrogen-bond donors (Lipinski definition) is 0. The summed E-state index contributed by atoms with van der Waals surface area (Å²) in [5, 5.41) is 0. The maximum atomic E-state index is 12.7. The van der Waals surface area contributed by atoms with Crippen molar-refractivity contribution in [3.63, 3.8) is 0 Å². The Hall–Kier alpha value is -1.51. The molecule has 0 bridgehead atoms. The summed E-state index contributed by atoms with van der Waals surface area (Å²) >= 11 is 0. The Balaban J connectivity index is 4.36. The lowest BCUT2D eigenvalue weighted by Gasteiger charge is -2.28. The monoisotopic (exact) mass is 786 g/mol. The summed E-state index contributed by atoms with van der Waals surface area (Å²) in [7, 11) is 1.16. The molecule has 0 saturated carbocycles. The maximum Gasteiger partial charge on any atom is 0.306 e. The summed E-state index contributed by atoms with van der Waals surface area (Å²) in [4.78, 5) is 37.5. The van der Waals surface area contributed by atoms with E-state index in [-0.39, 0.29) is 32.0 Å². The number of carbonyl (C=O) groups is 2. The van der Waals surface area contributed by atoms with Crippen molar-refractivity contribution in [1.29, 1.82) is 0 Å². The van der Waals surface area contributed by atoms with E-state index in [0.717, 1.165) is 57.8 Å².